The highest BCUT2D eigenvalue weighted by molar-refractivity contribution is 5.95. The van der Waals surface area contributed by atoms with Gasteiger partial charge in [0.05, 0.1) is 16.8 Å². The lowest BCUT2D eigenvalue weighted by Gasteiger charge is -2.12. The highest BCUT2D eigenvalue weighted by atomic mass is 19.1. The lowest BCUT2D eigenvalue weighted by atomic mass is 10.0. The molecule has 0 bridgehead atoms. The van der Waals surface area contributed by atoms with Crippen LogP contribution >= 0.6 is 0 Å². The van der Waals surface area contributed by atoms with Gasteiger partial charge < -0.3 is 5.48 Å². The molecule has 1 heterocycles. The van der Waals surface area contributed by atoms with Crippen molar-refractivity contribution in [2.24, 2.45) is 4.99 Å². The second-order valence-electron chi connectivity index (χ2n) is 6.21. The molecule has 7 heteroatoms. The van der Waals surface area contributed by atoms with Gasteiger partial charge in [-0.25, -0.2) is 8.78 Å². The van der Waals surface area contributed by atoms with Crippen LogP contribution in [-0.4, -0.2) is 28.5 Å². The number of aromatic nitrogens is 2. The summed E-state index contributed by atoms with van der Waals surface area (Å²) >= 11 is 0. The van der Waals surface area contributed by atoms with Gasteiger partial charge in [-0.15, -0.1) is 0 Å². The van der Waals surface area contributed by atoms with Crippen molar-refractivity contribution in [1.29, 1.82) is 0 Å². The number of halogens is 2. The van der Waals surface area contributed by atoms with E-state index >= 15 is 0 Å². The number of benzene rings is 3. The largest absolute Gasteiger partial charge is 0.412 e. The number of hydrogen-bond acceptors (Lipinski definition) is 3. The summed E-state index contributed by atoms with van der Waals surface area (Å²) in [6.45, 7) is 0. The van der Waals surface area contributed by atoms with Gasteiger partial charge in [-0.3, -0.25) is 9.79 Å². The monoisotopic (exact) mass is 393 g/mol. The Hall–Kier alpha value is -3.71. The average molecular weight is 393 g/mol. The Morgan fingerprint density at radius 2 is 1.66 bits per heavy atom. The average Bonchev–Trinajstić information content (AvgIpc) is 2.71. The van der Waals surface area contributed by atoms with Gasteiger partial charge in [-0.2, -0.15) is 9.78 Å². The Morgan fingerprint density at radius 1 is 0.966 bits per heavy atom. The molecule has 0 radical (unpaired) electrons. The maximum atomic E-state index is 14.0. The third kappa shape index (κ3) is 3.68. The summed E-state index contributed by atoms with van der Waals surface area (Å²) in [6, 6.07) is 17.2. The molecule has 0 atom stereocenters. The normalized spacial score (nSPS) is 11.0. The third-order valence-electron chi connectivity index (χ3n) is 4.41. The van der Waals surface area contributed by atoms with Crippen LogP contribution in [0.4, 0.5) is 8.78 Å². The molecule has 2 N–H and O–H groups in total. The first-order chi connectivity index (χ1) is 13.6. The molecule has 1 aromatic heterocycles. The molecule has 5 nitrogen and oxygen atoms in total. The minimum Gasteiger partial charge on any atom is -0.412 e. The van der Waals surface area contributed by atoms with Crippen LogP contribution in [0.5, 0.6) is 0 Å². The fraction of sp³-hybridized carbons (Fsp3) is 0.0455. The van der Waals surface area contributed by atoms with E-state index < -0.39 is 11.6 Å². The topological polar surface area (TPSA) is 78.8 Å². The first-order valence-corrected chi connectivity index (χ1v) is 8.58. The Labute approximate surface area is 164 Å². The van der Waals surface area contributed by atoms with E-state index in [9.17, 15) is 13.6 Å². The first-order valence-electron chi connectivity index (χ1n) is 8.58. The molecule has 4 aromatic rings. The van der Waals surface area contributed by atoms with Gasteiger partial charge in [-0.1, -0.05) is 18.2 Å². The zero-order valence-electron chi connectivity index (χ0n) is 15.4. The Kier molecular flexibility index (Phi) is 5.61. The molecule has 0 saturated heterocycles. The molecule has 0 unspecified atom stereocenters. The van der Waals surface area contributed by atoms with Crippen molar-refractivity contribution in [3.8, 4) is 16.9 Å². The number of rotatable bonds is 3. The minimum absolute atomic E-state index is 0. The summed E-state index contributed by atoms with van der Waals surface area (Å²) < 4.78 is 28.6. The van der Waals surface area contributed by atoms with E-state index in [4.69, 9.17) is 0 Å². The maximum absolute atomic E-state index is 14.0. The van der Waals surface area contributed by atoms with E-state index in [-0.39, 0.29) is 11.0 Å². The fourth-order valence-electron chi connectivity index (χ4n) is 3.09. The summed E-state index contributed by atoms with van der Waals surface area (Å²) in [6.07, 6.45) is 1.43. The van der Waals surface area contributed by atoms with Crippen LogP contribution in [0.3, 0.4) is 0 Å². The smallest absolute Gasteiger partial charge is 0.279 e. The standard InChI is InChI=1S/C22H15F2N3O.H2O/c1-25-13-15-12-14(6-11-20(15)24)21-18-4-2-3-5-19(18)22(28)27(26-21)17-9-7-16(23)8-10-17;/h2-13H,1H3;1H2/b25-13-;. The zero-order chi connectivity index (χ0) is 19.7. The molecular formula is C22H17F2N3O2. The van der Waals surface area contributed by atoms with Crippen LogP contribution in [0, 0.1) is 11.6 Å². The zero-order valence-corrected chi connectivity index (χ0v) is 15.4. The van der Waals surface area contributed by atoms with Crippen molar-refractivity contribution in [1.82, 2.24) is 9.78 Å². The van der Waals surface area contributed by atoms with Crippen molar-refractivity contribution in [2.45, 2.75) is 0 Å². The lowest BCUT2D eigenvalue weighted by molar-refractivity contribution is 0.626. The van der Waals surface area contributed by atoms with Gasteiger partial charge in [-0.05, 0) is 48.5 Å². The molecule has 146 valence electrons. The third-order valence-corrected chi connectivity index (χ3v) is 4.41. The molecule has 4 rings (SSSR count). The van der Waals surface area contributed by atoms with E-state index in [0.29, 0.717) is 33.3 Å². The SMILES string of the molecule is C/N=C\c1cc(-c2nn(-c3ccc(F)cc3)c(=O)c3ccccc23)ccc1F.O. The molecule has 0 fully saturated rings. The molecular weight excluding hydrogens is 376 g/mol. The van der Waals surface area contributed by atoms with Crippen molar-refractivity contribution < 1.29 is 14.3 Å². The Balaban J connectivity index is 0.00000240. The van der Waals surface area contributed by atoms with Crippen LogP contribution in [0.1, 0.15) is 5.56 Å². The van der Waals surface area contributed by atoms with E-state index in [1.807, 2.05) is 6.07 Å². The quantitative estimate of drug-likeness (QED) is 0.499. The van der Waals surface area contributed by atoms with Crippen LogP contribution in [0.25, 0.3) is 27.7 Å². The van der Waals surface area contributed by atoms with Gasteiger partial charge in [0.15, 0.2) is 0 Å². The van der Waals surface area contributed by atoms with Crippen LogP contribution in [0.15, 0.2) is 76.5 Å². The lowest BCUT2D eigenvalue weighted by Crippen LogP contribution is -2.22. The minimum atomic E-state index is -0.403. The Bertz CT molecular complexity index is 1270. The molecule has 0 aliphatic heterocycles. The number of nitrogens with zero attached hydrogens (tertiary/aromatic N) is 3. The van der Waals surface area contributed by atoms with Crippen molar-refractivity contribution in [3.63, 3.8) is 0 Å². The fourth-order valence-corrected chi connectivity index (χ4v) is 3.09. The van der Waals surface area contributed by atoms with Crippen LogP contribution < -0.4 is 5.56 Å². The Morgan fingerprint density at radius 3 is 2.34 bits per heavy atom. The van der Waals surface area contributed by atoms with Crippen molar-refractivity contribution in [2.75, 3.05) is 7.05 Å². The number of aliphatic imine (C=N–C) groups is 1. The molecule has 0 aliphatic rings. The van der Waals surface area contributed by atoms with Gasteiger partial charge >= 0.3 is 0 Å². The van der Waals surface area contributed by atoms with Crippen molar-refractivity contribution in [3.05, 3.63) is 94.3 Å². The van der Waals surface area contributed by atoms with Crippen LogP contribution in [0.2, 0.25) is 0 Å². The summed E-state index contributed by atoms with van der Waals surface area (Å²) in [5.41, 5.74) is 1.61. The summed E-state index contributed by atoms with van der Waals surface area (Å²) in [4.78, 5) is 16.8. The molecule has 29 heavy (non-hydrogen) atoms. The van der Waals surface area contributed by atoms with Gasteiger partial charge in [0.25, 0.3) is 5.56 Å². The highest BCUT2D eigenvalue weighted by Crippen LogP contribution is 2.26. The molecule has 0 amide bonds. The number of hydrogen-bond donors (Lipinski definition) is 0. The predicted molar refractivity (Wildman–Crippen MR) is 110 cm³/mol. The second-order valence-corrected chi connectivity index (χ2v) is 6.21. The van der Waals surface area contributed by atoms with E-state index in [1.54, 1.807) is 37.4 Å². The van der Waals surface area contributed by atoms with E-state index in [0.717, 1.165) is 0 Å². The second kappa shape index (κ2) is 8.12. The first kappa shape index (κ1) is 20.0. The van der Waals surface area contributed by atoms with Crippen molar-refractivity contribution >= 4 is 17.0 Å². The van der Waals surface area contributed by atoms with Gasteiger partial charge in [0.2, 0.25) is 0 Å². The van der Waals surface area contributed by atoms with Gasteiger partial charge in [0, 0.05) is 29.8 Å². The molecule has 3 aromatic carbocycles. The summed E-state index contributed by atoms with van der Waals surface area (Å²) in [5.74, 6) is -0.801. The molecule has 0 aliphatic carbocycles. The van der Waals surface area contributed by atoms with Gasteiger partial charge in [0.1, 0.15) is 11.6 Å². The molecule has 0 saturated carbocycles. The number of fused-ring (bicyclic) bond motifs is 1. The van der Waals surface area contributed by atoms with E-state index in [1.165, 1.54) is 41.2 Å². The summed E-state index contributed by atoms with van der Waals surface area (Å²) in [7, 11) is 1.56. The van der Waals surface area contributed by atoms with Crippen LogP contribution in [-0.2, 0) is 0 Å². The predicted octanol–water partition coefficient (Wildman–Crippen LogP) is 3.55. The maximum Gasteiger partial charge on any atom is 0.279 e. The summed E-state index contributed by atoms with van der Waals surface area (Å²) in [5, 5.41) is 5.63. The van der Waals surface area contributed by atoms with E-state index in [2.05, 4.69) is 10.1 Å². The molecule has 0 spiro atoms. The highest BCUT2D eigenvalue weighted by Gasteiger charge is 2.14.